The average molecular weight is 333 g/mol. The smallest absolute Gasteiger partial charge is 0.168 e. The Hall–Kier alpha value is -2.66. The number of aromatic nitrogens is 2. The van der Waals surface area contributed by atoms with Crippen LogP contribution in [0, 0.1) is 5.92 Å². The normalized spacial score (nSPS) is 17.0. The highest BCUT2D eigenvalue weighted by molar-refractivity contribution is 6.09. The van der Waals surface area contributed by atoms with Crippen molar-refractivity contribution in [1.82, 2.24) is 15.3 Å². The first-order chi connectivity index (χ1) is 12.3. The van der Waals surface area contributed by atoms with E-state index in [-0.39, 0.29) is 11.7 Å². The molecule has 126 valence electrons. The highest BCUT2D eigenvalue weighted by atomic mass is 16.5. The molecule has 1 aliphatic heterocycles. The van der Waals surface area contributed by atoms with Gasteiger partial charge in [0.1, 0.15) is 18.0 Å². The Bertz CT molecular complexity index is 972. The molecule has 5 nitrogen and oxygen atoms in total. The number of benzene rings is 1. The molecular formula is C20H19N3O2. The van der Waals surface area contributed by atoms with Crippen LogP contribution in [0.3, 0.4) is 0 Å². The zero-order chi connectivity index (χ0) is 16.8. The van der Waals surface area contributed by atoms with E-state index in [1.165, 1.54) is 0 Å². The van der Waals surface area contributed by atoms with E-state index in [1.54, 1.807) is 6.20 Å². The SMILES string of the molecule is O=C(c1c[nH]c2ncc(-c3ccc4c(c3)CNCCO4)cc12)C1CC1. The number of pyridine rings is 1. The highest BCUT2D eigenvalue weighted by Crippen LogP contribution is 2.35. The van der Waals surface area contributed by atoms with Gasteiger partial charge < -0.3 is 15.0 Å². The summed E-state index contributed by atoms with van der Waals surface area (Å²) in [5.41, 5.74) is 4.80. The van der Waals surface area contributed by atoms with E-state index in [2.05, 4.69) is 33.5 Å². The van der Waals surface area contributed by atoms with Gasteiger partial charge in [-0.2, -0.15) is 0 Å². The molecule has 5 heteroatoms. The lowest BCUT2D eigenvalue weighted by Gasteiger charge is -2.09. The number of aromatic amines is 1. The van der Waals surface area contributed by atoms with Gasteiger partial charge >= 0.3 is 0 Å². The first kappa shape index (κ1) is 14.7. The lowest BCUT2D eigenvalue weighted by molar-refractivity contribution is 0.0969. The summed E-state index contributed by atoms with van der Waals surface area (Å²) < 4.78 is 5.75. The number of ether oxygens (including phenoxy) is 1. The number of H-pyrrole nitrogens is 1. The van der Waals surface area contributed by atoms with Gasteiger partial charge in [-0.1, -0.05) is 6.07 Å². The summed E-state index contributed by atoms with van der Waals surface area (Å²) in [7, 11) is 0. The molecule has 3 aromatic rings. The molecule has 2 N–H and O–H groups in total. The molecule has 1 aromatic carbocycles. The van der Waals surface area contributed by atoms with Crippen LogP contribution >= 0.6 is 0 Å². The maximum absolute atomic E-state index is 12.5. The third-order valence-corrected chi connectivity index (χ3v) is 4.99. The summed E-state index contributed by atoms with van der Waals surface area (Å²) in [5, 5.41) is 4.28. The Morgan fingerprint density at radius 2 is 2.12 bits per heavy atom. The molecule has 1 saturated carbocycles. The molecule has 1 aliphatic carbocycles. The van der Waals surface area contributed by atoms with Crippen LogP contribution in [0.5, 0.6) is 5.75 Å². The van der Waals surface area contributed by atoms with Gasteiger partial charge in [0, 0.05) is 53.5 Å². The number of nitrogens with zero attached hydrogens (tertiary/aromatic N) is 1. The van der Waals surface area contributed by atoms with Crippen molar-refractivity contribution in [2.45, 2.75) is 19.4 Å². The Labute approximate surface area is 145 Å². The van der Waals surface area contributed by atoms with Crippen molar-refractivity contribution in [1.29, 1.82) is 0 Å². The maximum atomic E-state index is 12.5. The molecule has 0 unspecified atom stereocenters. The Kier molecular flexibility index (Phi) is 3.35. The van der Waals surface area contributed by atoms with Gasteiger partial charge in [-0.3, -0.25) is 4.79 Å². The second-order valence-electron chi connectivity index (χ2n) is 6.81. The fraction of sp³-hybridized carbons (Fsp3) is 0.300. The molecule has 25 heavy (non-hydrogen) atoms. The van der Waals surface area contributed by atoms with E-state index in [4.69, 9.17) is 4.74 Å². The van der Waals surface area contributed by atoms with Crippen LogP contribution in [-0.2, 0) is 6.54 Å². The third kappa shape index (κ3) is 2.61. The zero-order valence-electron chi connectivity index (χ0n) is 13.8. The van der Waals surface area contributed by atoms with Crippen molar-refractivity contribution in [2.75, 3.05) is 13.2 Å². The lowest BCUT2D eigenvalue weighted by Crippen LogP contribution is -2.16. The predicted octanol–water partition coefficient (Wildman–Crippen LogP) is 3.30. The topological polar surface area (TPSA) is 67.0 Å². The van der Waals surface area contributed by atoms with Crippen LogP contribution in [0.4, 0.5) is 0 Å². The van der Waals surface area contributed by atoms with Crippen LogP contribution < -0.4 is 10.1 Å². The largest absolute Gasteiger partial charge is 0.492 e. The predicted molar refractivity (Wildman–Crippen MR) is 95.8 cm³/mol. The molecule has 5 rings (SSSR count). The first-order valence-corrected chi connectivity index (χ1v) is 8.78. The first-order valence-electron chi connectivity index (χ1n) is 8.78. The molecule has 0 amide bonds. The molecular weight excluding hydrogens is 314 g/mol. The number of hydrogen-bond acceptors (Lipinski definition) is 4. The van der Waals surface area contributed by atoms with Crippen molar-refractivity contribution in [2.24, 2.45) is 5.92 Å². The molecule has 1 fully saturated rings. The molecule has 0 saturated heterocycles. The van der Waals surface area contributed by atoms with Crippen molar-refractivity contribution in [3.05, 3.63) is 47.8 Å². The van der Waals surface area contributed by atoms with E-state index >= 15 is 0 Å². The average Bonchev–Trinajstić information content (AvgIpc) is 3.43. The maximum Gasteiger partial charge on any atom is 0.168 e. The van der Waals surface area contributed by atoms with E-state index in [0.29, 0.717) is 6.61 Å². The monoisotopic (exact) mass is 333 g/mol. The summed E-state index contributed by atoms with van der Waals surface area (Å²) >= 11 is 0. The van der Waals surface area contributed by atoms with Gasteiger partial charge in [-0.05, 0) is 36.6 Å². The van der Waals surface area contributed by atoms with Crippen molar-refractivity contribution in [3.8, 4) is 16.9 Å². The van der Waals surface area contributed by atoms with Crippen molar-refractivity contribution >= 4 is 16.8 Å². The minimum Gasteiger partial charge on any atom is -0.492 e. The van der Waals surface area contributed by atoms with Gasteiger partial charge in [0.05, 0.1) is 0 Å². The second-order valence-corrected chi connectivity index (χ2v) is 6.81. The Morgan fingerprint density at radius 3 is 3.00 bits per heavy atom. The number of rotatable bonds is 3. The minimum absolute atomic E-state index is 0.207. The van der Waals surface area contributed by atoms with Crippen LogP contribution in [0.25, 0.3) is 22.2 Å². The summed E-state index contributed by atoms with van der Waals surface area (Å²) in [5.74, 6) is 1.39. The van der Waals surface area contributed by atoms with E-state index in [9.17, 15) is 4.79 Å². The molecule has 0 radical (unpaired) electrons. The fourth-order valence-electron chi connectivity index (χ4n) is 3.42. The van der Waals surface area contributed by atoms with Crippen molar-refractivity contribution < 1.29 is 9.53 Å². The minimum atomic E-state index is 0.207. The number of nitrogens with one attached hydrogen (secondary N) is 2. The number of carbonyl (C=O) groups is 1. The molecule has 0 spiro atoms. The number of ketones is 1. The quantitative estimate of drug-likeness (QED) is 0.722. The fourth-order valence-corrected chi connectivity index (χ4v) is 3.42. The molecule has 0 bridgehead atoms. The number of Topliss-reactive ketones (excluding diaryl/α,β-unsaturated/α-hetero) is 1. The molecule has 0 atom stereocenters. The zero-order valence-corrected chi connectivity index (χ0v) is 13.8. The van der Waals surface area contributed by atoms with Crippen molar-refractivity contribution in [3.63, 3.8) is 0 Å². The van der Waals surface area contributed by atoms with Crippen LogP contribution in [0.2, 0.25) is 0 Å². The summed E-state index contributed by atoms with van der Waals surface area (Å²) in [4.78, 5) is 20.1. The van der Waals surface area contributed by atoms with Crippen LogP contribution in [-0.4, -0.2) is 28.9 Å². The summed E-state index contributed by atoms with van der Waals surface area (Å²) in [6.07, 6.45) is 5.68. The Morgan fingerprint density at radius 1 is 1.20 bits per heavy atom. The van der Waals surface area contributed by atoms with Gasteiger partial charge in [-0.15, -0.1) is 0 Å². The van der Waals surface area contributed by atoms with Gasteiger partial charge in [0.25, 0.3) is 0 Å². The number of carbonyl (C=O) groups excluding carboxylic acids is 1. The molecule has 2 aromatic heterocycles. The van der Waals surface area contributed by atoms with Crippen LogP contribution in [0.1, 0.15) is 28.8 Å². The highest BCUT2D eigenvalue weighted by Gasteiger charge is 2.32. The van der Waals surface area contributed by atoms with E-state index in [1.807, 2.05) is 12.3 Å². The van der Waals surface area contributed by atoms with Crippen LogP contribution in [0.15, 0.2) is 36.7 Å². The third-order valence-electron chi connectivity index (χ3n) is 4.99. The second kappa shape index (κ2) is 5.70. The number of hydrogen-bond donors (Lipinski definition) is 2. The van der Waals surface area contributed by atoms with Gasteiger partial charge in [0.2, 0.25) is 0 Å². The summed E-state index contributed by atoms with van der Waals surface area (Å²) in [6.45, 7) is 2.35. The van der Waals surface area contributed by atoms with Gasteiger partial charge in [-0.25, -0.2) is 4.98 Å². The summed E-state index contributed by atoms with van der Waals surface area (Å²) in [6, 6.07) is 8.30. The standard InChI is InChI=1S/C20H19N3O2/c24-19(12-1-2-12)17-11-23-20-16(17)8-14(10-22-20)13-3-4-18-15(7-13)9-21-5-6-25-18/h3-4,7-8,10-12,21H,1-2,5-6,9H2,(H,22,23). The number of fused-ring (bicyclic) bond motifs is 2. The van der Waals surface area contributed by atoms with Gasteiger partial charge in [0.15, 0.2) is 5.78 Å². The lowest BCUT2D eigenvalue weighted by atomic mass is 10.0. The molecule has 3 heterocycles. The van der Waals surface area contributed by atoms with E-state index < -0.39 is 0 Å². The molecule has 2 aliphatic rings. The Balaban J connectivity index is 1.57. The van der Waals surface area contributed by atoms with E-state index in [0.717, 1.165) is 65.0 Å².